The SMILES string of the molecule is COc1ccc(S(=O)(=O)N2CCN(c3nc(-c4cc(C)ccc4C)cs3)CC2)cc1OC.COc1ccc(S(=O)(=O)N2CCN(c3nc(-c4ccc(Cl)cc4Cl)cs3)CC2)cc1OC. The van der Waals surface area contributed by atoms with E-state index in [1.165, 1.54) is 77.7 Å². The van der Waals surface area contributed by atoms with Crippen molar-refractivity contribution in [2.24, 2.45) is 0 Å². The molecular formula is C44H48Cl2N6O8S4. The highest BCUT2D eigenvalue weighted by molar-refractivity contribution is 7.89. The van der Waals surface area contributed by atoms with Crippen molar-refractivity contribution >= 4 is 76.2 Å². The molecule has 0 aliphatic carbocycles. The molecule has 0 saturated carbocycles. The Balaban J connectivity index is 0.000000191. The predicted molar refractivity (Wildman–Crippen MR) is 256 cm³/mol. The fraction of sp³-hybridized carbons (Fsp3) is 0.318. The van der Waals surface area contributed by atoms with E-state index in [-0.39, 0.29) is 9.79 Å². The molecule has 14 nitrogen and oxygen atoms in total. The molecule has 0 unspecified atom stereocenters. The molecule has 64 heavy (non-hydrogen) atoms. The van der Waals surface area contributed by atoms with Crippen LogP contribution < -0.4 is 28.7 Å². The molecule has 20 heteroatoms. The predicted octanol–water partition coefficient (Wildman–Crippen LogP) is 8.60. The maximum absolute atomic E-state index is 13.2. The largest absolute Gasteiger partial charge is 0.493 e. The van der Waals surface area contributed by atoms with Crippen LogP contribution >= 0.6 is 45.9 Å². The van der Waals surface area contributed by atoms with E-state index < -0.39 is 20.0 Å². The Bertz CT molecular complexity index is 2830. The van der Waals surface area contributed by atoms with Crippen LogP contribution in [0.15, 0.2) is 93.3 Å². The third-order valence-corrected chi connectivity index (χ3v) is 17.0. The second kappa shape index (κ2) is 20.2. The van der Waals surface area contributed by atoms with Crippen molar-refractivity contribution in [2.45, 2.75) is 23.6 Å². The lowest BCUT2D eigenvalue weighted by Gasteiger charge is -2.33. The highest BCUT2D eigenvalue weighted by atomic mass is 35.5. The summed E-state index contributed by atoms with van der Waals surface area (Å²) in [6, 6.07) is 21.0. The van der Waals surface area contributed by atoms with Gasteiger partial charge in [0.05, 0.1) is 54.6 Å². The van der Waals surface area contributed by atoms with Crippen molar-refractivity contribution in [3.8, 4) is 45.5 Å². The van der Waals surface area contributed by atoms with Gasteiger partial charge in [0.15, 0.2) is 33.3 Å². The van der Waals surface area contributed by atoms with Crippen LogP contribution in [-0.2, 0) is 20.0 Å². The van der Waals surface area contributed by atoms with Crippen molar-refractivity contribution < 1.29 is 35.8 Å². The Hall–Kier alpha value is -4.66. The Morgan fingerprint density at radius 1 is 0.531 bits per heavy atom. The van der Waals surface area contributed by atoms with Crippen molar-refractivity contribution in [1.82, 2.24) is 18.6 Å². The average Bonchev–Trinajstić information content (AvgIpc) is 4.01. The first-order valence-corrected chi connectivity index (χ1v) is 25.4. The summed E-state index contributed by atoms with van der Waals surface area (Å²) in [7, 11) is -1.26. The molecule has 0 amide bonds. The van der Waals surface area contributed by atoms with Gasteiger partial charge < -0.3 is 28.7 Å². The number of aromatic nitrogens is 2. The van der Waals surface area contributed by atoms with E-state index in [1.54, 1.807) is 41.7 Å². The van der Waals surface area contributed by atoms with Crippen molar-refractivity contribution in [2.75, 3.05) is 90.6 Å². The Labute approximate surface area is 392 Å². The molecule has 6 aromatic rings. The van der Waals surface area contributed by atoms with Gasteiger partial charge in [0, 0.05) is 91.4 Å². The molecule has 2 saturated heterocycles. The first-order chi connectivity index (χ1) is 30.7. The van der Waals surface area contributed by atoms with E-state index >= 15 is 0 Å². The summed E-state index contributed by atoms with van der Waals surface area (Å²) in [6.07, 6.45) is 0. The maximum Gasteiger partial charge on any atom is 0.243 e. The second-order valence-electron chi connectivity index (χ2n) is 14.8. The number of hydrogen-bond acceptors (Lipinski definition) is 14. The van der Waals surface area contributed by atoms with Gasteiger partial charge in [-0.2, -0.15) is 8.61 Å². The number of rotatable bonds is 12. The van der Waals surface area contributed by atoms with E-state index in [9.17, 15) is 16.8 Å². The zero-order valence-corrected chi connectivity index (χ0v) is 40.9. The smallest absolute Gasteiger partial charge is 0.243 e. The van der Waals surface area contributed by atoms with Crippen LogP contribution in [0.5, 0.6) is 23.0 Å². The van der Waals surface area contributed by atoms with E-state index in [0.29, 0.717) is 85.4 Å². The first-order valence-electron chi connectivity index (χ1n) is 20.0. The number of aryl methyl sites for hydroxylation is 2. The quantitative estimate of drug-likeness (QED) is 0.116. The van der Waals surface area contributed by atoms with Crippen LogP contribution in [0.25, 0.3) is 22.5 Å². The fourth-order valence-corrected chi connectivity index (χ4v) is 12.4. The fourth-order valence-electron chi connectivity index (χ4n) is 7.27. The van der Waals surface area contributed by atoms with Crippen LogP contribution in [0.1, 0.15) is 11.1 Å². The van der Waals surface area contributed by atoms with Gasteiger partial charge in [0.1, 0.15) is 0 Å². The lowest BCUT2D eigenvalue weighted by atomic mass is 10.0. The third kappa shape index (κ3) is 10.2. The van der Waals surface area contributed by atoms with Gasteiger partial charge in [-0.15, -0.1) is 22.7 Å². The molecule has 8 rings (SSSR count). The summed E-state index contributed by atoms with van der Waals surface area (Å²) in [4.78, 5) is 14.2. The molecule has 2 aliphatic heterocycles. The highest BCUT2D eigenvalue weighted by Gasteiger charge is 2.32. The summed E-state index contributed by atoms with van der Waals surface area (Å²) in [5.74, 6) is 1.76. The van der Waals surface area contributed by atoms with Crippen molar-refractivity contribution in [1.29, 1.82) is 0 Å². The van der Waals surface area contributed by atoms with E-state index in [0.717, 1.165) is 32.8 Å². The molecular weight excluding hydrogens is 940 g/mol. The summed E-state index contributed by atoms with van der Waals surface area (Å²) < 4.78 is 76.5. The van der Waals surface area contributed by atoms with E-state index in [1.807, 2.05) is 11.4 Å². The van der Waals surface area contributed by atoms with Crippen molar-refractivity contribution in [3.05, 3.63) is 105 Å². The minimum absolute atomic E-state index is 0.178. The number of thiazole rings is 2. The van der Waals surface area contributed by atoms with Crippen LogP contribution in [0.2, 0.25) is 10.0 Å². The molecule has 4 heterocycles. The molecule has 0 bridgehead atoms. The third-order valence-electron chi connectivity index (χ3n) is 10.9. The van der Waals surface area contributed by atoms with E-state index in [2.05, 4.69) is 47.2 Å². The molecule has 4 aromatic carbocycles. The van der Waals surface area contributed by atoms with Crippen LogP contribution in [0.4, 0.5) is 10.3 Å². The number of piperazine rings is 2. The summed E-state index contributed by atoms with van der Waals surface area (Å²) in [5, 5.41) is 6.88. The van der Waals surface area contributed by atoms with Crippen LogP contribution in [0.3, 0.4) is 0 Å². The molecule has 2 aromatic heterocycles. The number of anilines is 2. The average molecular weight is 988 g/mol. The van der Waals surface area contributed by atoms with Gasteiger partial charge in [-0.3, -0.25) is 0 Å². The van der Waals surface area contributed by atoms with Crippen LogP contribution in [0, 0.1) is 13.8 Å². The molecule has 2 aliphatic rings. The lowest BCUT2D eigenvalue weighted by Crippen LogP contribution is -2.48. The van der Waals surface area contributed by atoms with E-state index in [4.69, 9.17) is 52.1 Å². The molecule has 2 fully saturated rings. The zero-order chi connectivity index (χ0) is 45.8. The second-order valence-corrected chi connectivity index (χ2v) is 21.2. The lowest BCUT2D eigenvalue weighted by molar-refractivity contribution is 0.353. The van der Waals surface area contributed by atoms with Gasteiger partial charge in [-0.05, 0) is 67.9 Å². The minimum atomic E-state index is -3.65. The number of methoxy groups -OCH3 is 4. The molecule has 0 radical (unpaired) electrons. The van der Waals surface area contributed by atoms with Gasteiger partial charge in [-0.1, -0.05) is 40.9 Å². The highest BCUT2D eigenvalue weighted by Crippen LogP contribution is 2.36. The van der Waals surface area contributed by atoms with Gasteiger partial charge >= 0.3 is 0 Å². The van der Waals surface area contributed by atoms with Gasteiger partial charge in [0.25, 0.3) is 0 Å². The van der Waals surface area contributed by atoms with Crippen LogP contribution in [-0.4, -0.2) is 116 Å². The monoisotopic (exact) mass is 986 g/mol. The molecule has 340 valence electrons. The van der Waals surface area contributed by atoms with Crippen molar-refractivity contribution in [3.63, 3.8) is 0 Å². The molecule has 0 N–H and O–H groups in total. The summed E-state index contributed by atoms with van der Waals surface area (Å²) in [5.41, 5.74) is 6.08. The number of sulfonamides is 2. The van der Waals surface area contributed by atoms with Gasteiger partial charge in [-0.25, -0.2) is 26.8 Å². The van der Waals surface area contributed by atoms with Gasteiger partial charge in [0.2, 0.25) is 20.0 Å². The standard InChI is InChI=1S/C23H27N3O4S2.C21H21Cl2N3O4S2/c1-16-5-6-17(2)19(13-16)20-15-31-23(24-20)25-9-11-26(12-10-25)32(27,28)18-7-8-21(29-3)22(14-18)30-4;1-29-19-6-4-15(12-20(19)30-2)32(27,28)26-9-7-25(8-10-26)21-24-18(13-31-21)16-5-3-14(22)11-17(16)23/h5-8,13-15H,9-12H2,1-4H3;3-6,11-13H,7-10H2,1-2H3. The Morgan fingerprint density at radius 3 is 1.42 bits per heavy atom. The number of nitrogens with zero attached hydrogens (tertiary/aromatic N) is 6. The number of ether oxygens (including phenoxy) is 4. The summed E-state index contributed by atoms with van der Waals surface area (Å²) in [6.45, 7) is 7.92. The molecule has 0 spiro atoms. The normalized spacial score (nSPS) is 15.1. The topological polar surface area (TPSA) is 144 Å². The number of benzene rings is 4. The Kier molecular flexibility index (Phi) is 15.0. The number of hydrogen-bond donors (Lipinski definition) is 0. The zero-order valence-electron chi connectivity index (χ0n) is 36.1. The number of halogens is 2. The molecule has 0 atom stereocenters. The maximum atomic E-state index is 13.2. The Morgan fingerprint density at radius 2 is 0.984 bits per heavy atom. The first kappa shape index (κ1) is 47.3. The summed E-state index contributed by atoms with van der Waals surface area (Å²) >= 11 is 15.4. The minimum Gasteiger partial charge on any atom is -0.493 e.